The average molecular weight is 577 g/mol. The quantitative estimate of drug-likeness (QED) is 0.494. The van der Waals surface area contributed by atoms with Crippen LogP contribution in [-0.2, 0) is 9.47 Å². The highest BCUT2D eigenvalue weighted by Gasteiger charge is 2.22. The van der Waals surface area contributed by atoms with Crippen LogP contribution in [0.25, 0.3) is 0 Å². The Kier molecular flexibility index (Phi) is 11.1. The number of fused-ring (bicyclic) bond motifs is 5. The molecule has 224 valence electrons. The zero-order valence-electron chi connectivity index (χ0n) is 23.7. The van der Waals surface area contributed by atoms with Crippen LogP contribution in [-0.4, -0.2) is 94.5 Å². The Labute approximate surface area is 239 Å². The van der Waals surface area contributed by atoms with E-state index >= 15 is 0 Å². The molecule has 4 rings (SSSR count). The van der Waals surface area contributed by atoms with E-state index in [1.807, 2.05) is 0 Å². The topological polar surface area (TPSA) is 86.8 Å². The number of methoxy groups -OCH3 is 2. The molecule has 41 heavy (non-hydrogen) atoms. The number of benzene rings is 2. The van der Waals surface area contributed by atoms with E-state index in [0.29, 0.717) is 55.1 Å². The highest BCUT2D eigenvalue weighted by molar-refractivity contribution is 5.91. The van der Waals surface area contributed by atoms with Gasteiger partial charge in [0.2, 0.25) is 5.75 Å². The lowest BCUT2D eigenvalue weighted by Gasteiger charge is -2.24. The fourth-order valence-corrected chi connectivity index (χ4v) is 5.09. The largest absolute Gasteiger partial charge is 0.493 e. The number of rotatable bonds is 4. The first-order valence-electron chi connectivity index (χ1n) is 14.0. The van der Waals surface area contributed by atoms with Crippen molar-refractivity contribution >= 4 is 11.9 Å². The van der Waals surface area contributed by atoms with Crippen LogP contribution in [0.3, 0.4) is 0 Å². The highest BCUT2D eigenvalue weighted by Crippen LogP contribution is 2.39. The van der Waals surface area contributed by atoms with E-state index in [0.717, 1.165) is 57.8 Å². The van der Waals surface area contributed by atoms with E-state index in [9.17, 15) is 18.4 Å². The zero-order valence-corrected chi connectivity index (χ0v) is 23.7. The molecule has 0 amide bonds. The predicted molar refractivity (Wildman–Crippen MR) is 147 cm³/mol. The van der Waals surface area contributed by atoms with Gasteiger partial charge in [-0.2, -0.15) is 0 Å². The first-order chi connectivity index (χ1) is 19.9. The summed E-state index contributed by atoms with van der Waals surface area (Å²) in [6.45, 7) is 5.73. The van der Waals surface area contributed by atoms with Crippen molar-refractivity contribution in [1.82, 2.24) is 9.80 Å². The molecule has 0 radical (unpaired) electrons. The molecule has 9 nitrogen and oxygen atoms in total. The minimum atomic E-state index is -1.10. The molecule has 0 aliphatic carbocycles. The monoisotopic (exact) mass is 576 g/mol. The molecule has 0 spiro atoms. The van der Waals surface area contributed by atoms with Crippen molar-refractivity contribution in [2.75, 3.05) is 66.7 Å². The molecule has 2 aliphatic heterocycles. The number of esters is 2. The van der Waals surface area contributed by atoms with Gasteiger partial charge in [-0.3, -0.25) is 0 Å². The molecular formula is C30H38F2N2O7. The summed E-state index contributed by atoms with van der Waals surface area (Å²) in [5, 5.41) is 0. The SMILES string of the molecule is COc1cc2cc(c1OC)OCCCC(OC(=O)c1ccc(F)c(F)c1)CCN1CCCN(CCCOC2=O)CC1. The fraction of sp³-hybridized carbons (Fsp3) is 0.533. The van der Waals surface area contributed by atoms with Crippen LogP contribution in [0, 0.1) is 11.6 Å². The fourth-order valence-electron chi connectivity index (χ4n) is 5.09. The van der Waals surface area contributed by atoms with E-state index in [-0.39, 0.29) is 12.2 Å². The Hall–Kier alpha value is -3.44. The number of carbonyl (C=O) groups is 2. The third-order valence-corrected chi connectivity index (χ3v) is 7.34. The van der Waals surface area contributed by atoms with Crippen LogP contribution in [0.2, 0.25) is 0 Å². The van der Waals surface area contributed by atoms with Gasteiger partial charge in [0, 0.05) is 26.2 Å². The van der Waals surface area contributed by atoms with Gasteiger partial charge in [-0.15, -0.1) is 0 Å². The van der Waals surface area contributed by atoms with Gasteiger partial charge in [0.1, 0.15) is 6.10 Å². The minimum absolute atomic E-state index is 0.0402. The molecule has 0 N–H and O–H groups in total. The van der Waals surface area contributed by atoms with Gasteiger partial charge in [0.25, 0.3) is 0 Å². The summed E-state index contributed by atoms with van der Waals surface area (Å²) in [5.74, 6) is -2.27. The van der Waals surface area contributed by atoms with Crippen LogP contribution >= 0.6 is 0 Å². The van der Waals surface area contributed by atoms with Crippen molar-refractivity contribution in [2.24, 2.45) is 0 Å². The summed E-state index contributed by atoms with van der Waals surface area (Å²) in [6.07, 6.45) is 2.84. The van der Waals surface area contributed by atoms with Crippen LogP contribution in [0.5, 0.6) is 17.2 Å². The number of cyclic esters (lactones) is 1. The third kappa shape index (κ3) is 8.53. The summed E-state index contributed by atoms with van der Waals surface area (Å²) < 4.78 is 55.3. The van der Waals surface area contributed by atoms with Gasteiger partial charge in [-0.25, -0.2) is 18.4 Å². The van der Waals surface area contributed by atoms with Gasteiger partial charge in [0.05, 0.1) is 38.6 Å². The standard InChI is InChI=1S/C30H38F2N2O7/c1-37-26-19-22-20-27(28(26)38-2)39-16-3-6-23(41-30(36)21-7-8-24(31)25(32)18-21)9-13-34-11-4-10-33(14-15-34)12-5-17-40-29(22)35/h7-8,18-20,23H,3-6,9-17H2,1-2H3. The third-order valence-electron chi connectivity index (χ3n) is 7.34. The number of hydrogen-bond donors (Lipinski definition) is 0. The molecule has 2 aromatic carbocycles. The second kappa shape index (κ2) is 15.0. The number of hydrogen-bond acceptors (Lipinski definition) is 9. The molecule has 0 saturated carbocycles. The van der Waals surface area contributed by atoms with Crippen LogP contribution in [0.1, 0.15) is 52.8 Å². The van der Waals surface area contributed by atoms with Crippen molar-refractivity contribution < 1.29 is 42.1 Å². The molecule has 3 unspecified atom stereocenters. The highest BCUT2D eigenvalue weighted by atomic mass is 19.2. The number of ether oxygens (including phenoxy) is 5. The van der Waals surface area contributed by atoms with Crippen LogP contribution in [0.4, 0.5) is 8.78 Å². The first kappa shape index (κ1) is 30.5. The maximum atomic E-state index is 13.7. The normalized spacial score (nSPS) is 22.6. The van der Waals surface area contributed by atoms with Gasteiger partial charge >= 0.3 is 11.9 Å². The van der Waals surface area contributed by atoms with Crippen molar-refractivity contribution in [1.29, 1.82) is 0 Å². The van der Waals surface area contributed by atoms with E-state index in [1.54, 1.807) is 12.1 Å². The molecule has 2 aromatic rings. The molecule has 1 fully saturated rings. The Balaban J connectivity index is 1.51. The Bertz CT molecular complexity index is 1200. The minimum Gasteiger partial charge on any atom is -0.493 e. The van der Waals surface area contributed by atoms with Crippen LogP contribution < -0.4 is 14.2 Å². The average Bonchev–Trinajstić information content (AvgIpc) is 3.21. The summed E-state index contributed by atoms with van der Waals surface area (Å²) in [7, 11) is 2.96. The number of nitrogens with zero attached hydrogens (tertiary/aromatic N) is 2. The van der Waals surface area contributed by atoms with E-state index in [4.69, 9.17) is 23.7 Å². The van der Waals surface area contributed by atoms with Crippen LogP contribution in [0.15, 0.2) is 30.3 Å². The van der Waals surface area contributed by atoms with E-state index in [1.165, 1.54) is 20.3 Å². The maximum absolute atomic E-state index is 13.7. The molecule has 1 saturated heterocycles. The lowest BCUT2D eigenvalue weighted by molar-refractivity contribution is 0.0221. The van der Waals surface area contributed by atoms with Gasteiger partial charge in [-0.05, 0) is 75.5 Å². The zero-order chi connectivity index (χ0) is 29.2. The molecular weight excluding hydrogens is 538 g/mol. The molecule has 3 atom stereocenters. The second-order valence-corrected chi connectivity index (χ2v) is 10.2. The number of carbonyl (C=O) groups excluding carboxylic acids is 2. The summed E-state index contributed by atoms with van der Waals surface area (Å²) in [5.41, 5.74) is 0.251. The molecule has 0 aromatic heterocycles. The number of halogens is 2. The summed E-state index contributed by atoms with van der Waals surface area (Å²) >= 11 is 0. The predicted octanol–water partition coefficient (Wildman–Crippen LogP) is 4.32. The summed E-state index contributed by atoms with van der Waals surface area (Å²) in [4.78, 5) is 30.4. The summed E-state index contributed by atoms with van der Waals surface area (Å²) in [6, 6.07) is 6.12. The molecule has 2 heterocycles. The maximum Gasteiger partial charge on any atom is 0.338 e. The van der Waals surface area contributed by atoms with Crippen molar-refractivity contribution in [3.63, 3.8) is 0 Å². The molecule has 2 aliphatic rings. The molecule has 11 heteroatoms. The van der Waals surface area contributed by atoms with Crippen molar-refractivity contribution in [2.45, 2.75) is 38.2 Å². The van der Waals surface area contributed by atoms with Gasteiger partial charge in [-0.1, -0.05) is 0 Å². The lowest BCUT2D eigenvalue weighted by Crippen LogP contribution is -2.34. The molecule has 4 bridgehead atoms. The van der Waals surface area contributed by atoms with Crippen molar-refractivity contribution in [3.8, 4) is 17.2 Å². The van der Waals surface area contributed by atoms with E-state index < -0.39 is 29.7 Å². The second-order valence-electron chi connectivity index (χ2n) is 10.2. The Morgan fingerprint density at radius 3 is 2.29 bits per heavy atom. The first-order valence-corrected chi connectivity index (χ1v) is 14.0. The van der Waals surface area contributed by atoms with Gasteiger partial charge in [0.15, 0.2) is 23.1 Å². The Morgan fingerprint density at radius 1 is 0.829 bits per heavy atom. The smallest absolute Gasteiger partial charge is 0.338 e. The Morgan fingerprint density at radius 2 is 1.56 bits per heavy atom. The van der Waals surface area contributed by atoms with E-state index in [2.05, 4.69) is 9.80 Å². The van der Waals surface area contributed by atoms with Gasteiger partial charge < -0.3 is 33.5 Å². The van der Waals surface area contributed by atoms with Crippen molar-refractivity contribution in [3.05, 3.63) is 53.1 Å². The lowest BCUT2D eigenvalue weighted by atomic mass is 10.1.